The van der Waals surface area contributed by atoms with Crippen molar-refractivity contribution in [2.24, 2.45) is 0 Å². The number of nitrogens with one attached hydrogen (secondary N) is 1. The van der Waals surface area contributed by atoms with Crippen LogP contribution in [0.4, 0.5) is 0 Å². The number of nitrogens with zero attached hydrogens (tertiary/aromatic N) is 1. The first kappa shape index (κ1) is 15.3. The summed E-state index contributed by atoms with van der Waals surface area (Å²) in [5.74, 6) is 0.823. The van der Waals surface area contributed by atoms with Crippen molar-refractivity contribution >= 4 is 5.91 Å². The third-order valence-electron chi connectivity index (χ3n) is 4.45. The van der Waals surface area contributed by atoms with Crippen LogP contribution in [0.15, 0.2) is 24.3 Å². The van der Waals surface area contributed by atoms with Crippen molar-refractivity contribution in [2.75, 3.05) is 33.4 Å². The third kappa shape index (κ3) is 3.59. The molecule has 120 valence electrons. The molecule has 0 saturated carbocycles. The van der Waals surface area contributed by atoms with E-state index >= 15 is 0 Å². The van der Waals surface area contributed by atoms with Gasteiger partial charge in [0.25, 0.3) is 5.91 Å². The summed E-state index contributed by atoms with van der Waals surface area (Å²) >= 11 is 0. The lowest BCUT2D eigenvalue weighted by Crippen LogP contribution is -2.39. The molecule has 0 aromatic heterocycles. The van der Waals surface area contributed by atoms with E-state index in [1.807, 2.05) is 29.2 Å². The van der Waals surface area contributed by atoms with Gasteiger partial charge in [0.1, 0.15) is 12.4 Å². The highest BCUT2D eigenvalue weighted by Gasteiger charge is 2.31. The SMILES string of the molecule is COCCOc1cccc(C(=O)N2CCC3CCC(C2)N3)c1. The van der Waals surface area contributed by atoms with Gasteiger partial charge in [0, 0.05) is 37.8 Å². The Balaban J connectivity index is 1.65. The monoisotopic (exact) mass is 304 g/mol. The molecule has 2 unspecified atom stereocenters. The Morgan fingerprint density at radius 3 is 3.00 bits per heavy atom. The maximum absolute atomic E-state index is 12.7. The Morgan fingerprint density at radius 2 is 2.14 bits per heavy atom. The first-order chi connectivity index (χ1) is 10.8. The summed E-state index contributed by atoms with van der Waals surface area (Å²) in [6.07, 6.45) is 3.47. The lowest BCUT2D eigenvalue weighted by Gasteiger charge is -2.24. The number of methoxy groups -OCH3 is 1. The Hall–Kier alpha value is -1.59. The molecule has 1 N–H and O–H groups in total. The van der Waals surface area contributed by atoms with Crippen LogP contribution >= 0.6 is 0 Å². The van der Waals surface area contributed by atoms with Gasteiger partial charge in [-0.1, -0.05) is 6.07 Å². The van der Waals surface area contributed by atoms with Gasteiger partial charge in [-0.25, -0.2) is 0 Å². The molecule has 0 spiro atoms. The molecule has 1 amide bonds. The number of fused-ring (bicyclic) bond motifs is 2. The topological polar surface area (TPSA) is 50.8 Å². The molecular weight excluding hydrogens is 280 g/mol. The number of benzene rings is 1. The van der Waals surface area contributed by atoms with Crippen molar-refractivity contribution < 1.29 is 14.3 Å². The number of amides is 1. The molecule has 0 aliphatic carbocycles. The lowest BCUT2D eigenvalue weighted by molar-refractivity contribution is 0.0747. The van der Waals surface area contributed by atoms with Crippen molar-refractivity contribution in [3.8, 4) is 5.75 Å². The highest BCUT2D eigenvalue weighted by atomic mass is 16.5. The fourth-order valence-corrected chi connectivity index (χ4v) is 3.27. The summed E-state index contributed by atoms with van der Waals surface area (Å²) in [4.78, 5) is 14.7. The summed E-state index contributed by atoms with van der Waals surface area (Å²) in [6, 6.07) is 8.48. The minimum absolute atomic E-state index is 0.103. The van der Waals surface area contributed by atoms with Crippen LogP contribution in [0.3, 0.4) is 0 Å². The zero-order chi connectivity index (χ0) is 15.4. The predicted octanol–water partition coefficient (Wildman–Crippen LogP) is 1.68. The lowest BCUT2D eigenvalue weighted by atomic mass is 10.1. The summed E-state index contributed by atoms with van der Waals surface area (Å²) in [6.45, 7) is 2.68. The number of hydrogen-bond acceptors (Lipinski definition) is 4. The minimum atomic E-state index is 0.103. The molecule has 2 aliphatic heterocycles. The van der Waals surface area contributed by atoms with E-state index in [0.29, 0.717) is 30.9 Å². The first-order valence-corrected chi connectivity index (χ1v) is 8.03. The van der Waals surface area contributed by atoms with Crippen LogP contribution in [0.2, 0.25) is 0 Å². The molecule has 2 bridgehead atoms. The zero-order valence-electron chi connectivity index (χ0n) is 13.1. The van der Waals surface area contributed by atoms with E-state index in [1.54, 1.807) is 7.11 Å². The summed E-state index contributed by atoms with van der Waals surface area (Å²) in [5, 5.41) is 3.60. The standard InChI is InChI=1S/C17H24N2O3/c1-21-9-10-22-16-4-2-3-13(11-16)17(20)19-8-7-14-5-6-15(12-19)18-14/h2-4,11,14-15,18H,5-10,12H2,1H3. The zero-order valence-corrected chi connectivity index (χ0v) is 13.1. The van der Waals surface area contributed by atoms with Crippen LogP contribution in [-0.2, 0) is 4.74 Å². The average molecular weight is 304 g/mol. The highest BCUT2D eigenvalue weighted by molar-refractivity contribution is 5.94. The minimum Gasteiger partial charge on any atom is -0.491 e. The highest BCUT2D eigenvalue weighted by Crippen LogP contribution is 2.22. The molecule has 2 aliphatic rings. The van der Waals surface area contributed by atoms with E-state index in [-0.39, 0.29) is 5.91 Å². The number of ether oxygens (including phenoxy) is 2. The van der Waals surface area contributed by atoms with E-state index in [0.717, 1.165) is 25.3 Å². The van der Waals surface area contributed by atoms with Crippen molar-refractivity contribution in [2.45, 2.75) is 31.3 Å². The fourth-order valence-electron chi connectivity index (χ4n) is 3.27. The smallest absolute Gasteiger partial charge is 0.254 e. The average Bonchev–Trinajstić information content (AvgIpc) is 2.86. The number of likely N-dealkylation sites (tertiary alicyclic amines) is 1. The van der Waals surface area contributed by atoms with Gasteiger partial charge in [0.15, 0.2) is 0 Å². The number of carbonyl (C=O) groups is 1. The number of rotatable bonds is 5. The molecule has 3 rings (SSSR count). The Bertz CT molecular complexity index is 520. The van der Waals surface area contributed by atoms with Gasteiger partial charge in [-0.15, -0.1) is 0 Å². The second-order valence-electron chi connectivity index (χ2n) is 6.05. The molecule has 2 heterocycles. The molecule has 5 heteroatoms. The van der Waals surface area contributed by atoms with Crippen molar-refractivity contribution in [1.82, 2.24) is 10.2 Å². The number of hydrogen-bond donors (Lipinski definition) is 1. The van der Waals surface area contributed by atoms with Gasteiger partial charge in [-0.05, 0) is 37.5 Å². The van der Waals surface area contributed by atoms with E-state index < -0.39 is 0 Å². The van der Waals surface area contributed by atoms with Crippen LogP contribution in [0.25, 0.3) is 0 Å². The normalized spacial score (nSPS) is 24.1. The van der Waals surface area contributed by atoms with Gasteiger partial charge in [0.2, 0.25) is 0 Å². The largest absolute Gasteiger partial charge is 0.491 e. The first-order valence-electron chi connectivity index (χ1n) is 8.03. The maximum Gasteiger partial charge on any atom is 0.254 e. The van der Waals surface area contributed by atoms with Crippen LogP contribution in [0.1, 0.15) is 29.6 Å². The van der Waals surface area contributed by atoms with E-state index in [4.69, 9.17) is 9.47 Å². The van der Waals surface area contributed by atoms with Gasteiger partial charge >= 0.3 is 0 Å². The molecule has 1 aromatic rings. The molecule has 5 nitrogen and oxygen atoms in total. The van der Waals surface area contributed by atoms with Crippen LogP contribution in [-0.4, -0.2) is 56.3 Å². The molecule has 1 aromatic carbocycles. The summed E-state index contributed by atoms with van der Waals surface area (Å²) in [7, 11) is 1.64. The van der Waals surface area contributed by atoms with Crippen LogP contribution in [0.5, 0.6) is 5.75 Å². The molecule has 0 radical (unpaired) electrons. The molecule has 2 fully saturated rings. The van der Waals surface area contributed by atoms with E-state index in [1.165, 1.54) is 12.8 Å². The van der Waals surface area contributed by atoms with E-state index in [2.05, 4.69) is 5.32 Å². The van der Waals surface area contributed by atoms with Crippen molar-refractivity contribution in [3.05, 3.63) is 29.8 Å². The Morgan fingerprint density at radius 1 is 1.27 bits per heavy atom. The predicted molar refractivity (Wildman–Crippen MR) is 84.3 cm³/mol. The second-order valence-corrected chi connectivity index (χ2v) is 6.05. The summed E-state index contributed by atoms with van der Waals surface area (Å²) in [5.41, 5.74) is 0.702. The van der Waals surface area contributed by atoms with Crippen molar-refractivity contribution in [1.29, 1.82) is 0 Å². The second kappa shape index (κ2) is 7.11. The third-order valence-corrected chi connectivity index (χ3v) is 4.45. The maximum atomic E-state index is 12.7. The van der Waals surface area contributed by atoms with Gasteiger partial charge in [-0.3, -0.25) is 4.79 Å². The molecule has 2 saturated heterocycles. The van der Waals surface area contributed by atoms with Crippen LogP contribution < -0.4 is 10.1 Å². The van der Waals surface area contributed by atoms with Crippen molar-refractivity contribution in [3.63, 3.8) is 0 Å². The Kier molecular flexibility index (Phi) is 4.95. The van der Waals surface area contributed by atoms with Gasteiger partial charge < -0.3 is 19.7 Å². The van der Waals surface area contributed by atoms with Crippen LogP contribution in [0, 0.1) is 0 Å². The number of carbonyl (C=O) groups excluding carboxylic acids is 1. The molecule has 2 atom stereocenters. The molecular formula is C17H24N2O3. The summed E-state index contributed by atoms with van der Waals surface area (Å²) < 4.78 is 10.6. The van der Waals surface area contributed by atoms with Gasteiger partial charge in [-0.2, -0.15) is 0 Å². The Labute approximate surface area is 131 Å². The quantitative estimate of drug-likeness (QED) is 0.841. The van der Waals surface area contributed by atoms with E-state index in [9.17, 15) is 4.79 Å². The fraction of sp³-hybridized carbons (Fsp3) is 0.588. The molecule has 22 heavy (non-hydrogen) atoms. The van der Waals surface area contributed by atoms with Gasteiger partial charge in [0.05, 0.1) is 6.61 Å².